The van der Waals surface area contributed by atoms with Crippen molar-refractivity contribution in [1.29, 1.82) is 0 Å². The summed E-state index contributed by atoms with van der Waals surface area (Å²) in [6.07, 6.45) is 1.00. The van der Waals surface area contributed by atoms with Gasteiger partial charge in [-0.3, -0.25) is 4.79 Å². The summed E-state index contributed by atoms with van der Waals surface area (Å²) in [5, 5.41) is 2.81. The van der Waals surface area contributed by atoms with Gasteiger partial charge in [-0.2, -0.15) is 0 Å². The van der Waals surface area contributed by atoms with Crippen molar-refractivity contribution in [2.75, 3.05) is 30.3 Å². The Morgan fingerprint density at radius 2 is 1.94 bits per heavy atom. The smallest absolute Gasteiger partial charge is 0.239 e. The minimum absolute atomic E-state index is 0.0535. The molecule has 0 aromatic heterocycles. The van der Waals surface area contributed by atoms with Crippen LogP contribution >= 0.6 is 0 Å². The normalized spacial score (nSPS) is 10.0. The number of hydrogen-bond acceptors (Lipinski definition) is 3. The number of amides is 1. The Morgan fingerprint density at radius 1 is 1.29 bits per heavy atom. The van der Waals surface area contributed by atoms with Gasteiger partial charge in [0.1, 0.15) is 0 Å². The Bertz CT molecular complexity index is 348. The van der Waals surface area contributed by atoms with E-state index in [1.807, 2.05) is 31.2 Å². The number of nitrogens with zero attached hydrogens (tertiary/aromatic N) is 1. The van der Waals surface area contributed by atoms with E-state index in [9.17, 15) is 4.79 Å². The maximum Gasteiger partial charge on any atom is 0.239 e. The predicted molar refractivity (Wildman–Crippen MR) is 72.0 cm³/mol. The largest absolute Gasteiger partial charge is 0.399 e. The molecule has 0 heterocycles. The molecule has 0 spiro atoms. The molecule has 1 aromatic rings. The molecule has 4 nitrogen and oxygen atoms in total. The summed E-state index contributed by atoms with van der Waals surface area (Å²) < 4.78 is 0. The maximum absolute atomic E-state index is 11.6. The highest BCUT2D eigenvalue weighted by atomic mass is 16.2. The lowest BCUT2D eigenvalue weighted by atomic mass is 10.2. The van der Waals surface area contributed by atoms with Gasteiger partial charge in [0.25, 0.3) is 0 Å². The van der Waals surface area contributed by atoms with E-state index in [-0.39, 0.29) is 5.91 Å². The van der Waals surface area contributed by atoms with Crippen LogP contribution in [0, 0.1) is 0 Å². The van der Waals surface area contributed by atoms with Crippen molar-refractivity contribution in [3.05, 3.63) is 24.3 Å². The van der Waals surface area contributed by atoms with E-state index in [0.29, 0.717) is 13.1 Å². The monoisotopic (exact) mass is 235 g/mol. The maximum atomic E-state index is 11.6. The number of anilines is 2. The molecule has 1 amide bonds. The third-order valence-corrected chi connectivity index (χ3v) is 2.46. The van der Waals surface area contributed by atoms with Gasteiger partial charge in [0.2, 0.25) is 5.91 Å². The quantitative estimate of drug-likeness (QED) is 0.737. The Hall–Kier alpha value is -1.71. The summed E-state index contributed by atoms with van der Waals surface area (Å²) in [6.45, 7) is 5.94. The van der Waals surface area contributed by atoms with Crippen LogP contribution in [-0.2, 0) is 4.79 Å². The Balaban J connectivity index is 2.71. The number of benzene rings is 1. The first-order valence-corrected chi connectivity index (χ1v) is 6.04. The molecule has 0 aliphatic carbocycles. The van der Waals surface area contributed by atoms with Gasteiger partial charge in [0, 0.05) is 24.5 Å². The number of nitrogens with one attached hydrogen (secondary N) is 1. The van der Waals surface area contributed by atoms with Gasteiger partial charge in [-0.1, -0.05) is 6.92 Å². The number of carbonyl (C=O) groups excluding carboxylic acids is 1. The highest BCUT2D eigenvalue weighted by Gasteiger charge is 2.09. The molecule has 0 radical (unpaired) electrons. The van der Waals surface area contributed by atoms with E-state index in [0.717, 1.165) is 24.3 Å². The number of rotatable bonds is 6. The van der Waals surface area contributed by atoms with Crippen molar-refractivity contribution < 1.29 is 4.79 Å². The van der Waals surface area contributed by atoms with Crippen molar-refractivity contribution in [3.8, 4) is 0 Å². The van der Waals surface area contributed by atoms with Gasteiger partial charge < -0.3 is 16.0 Å². The van der Waals surface area contributed by atoms with Crippen LogP contribution in [0.1, 0.15) is 20.3 Å². The van der Waals surface area contributed by atoms with E-state index in [4.69, 9.17) is 5.73 Å². The molecular weight excluding hydrogens is 214 g/mol. The fourth-order valence-electron chi connectivity index (χ4n) is 1.68. The van der Waals surface area contributed by atoms with Crippen LogP contribution in [0.15, 0.2) is 24.3 Å². The van der Waals surface area contributed by atoms with Crippen LogP contribution in [0.2, 0.25) is 0 Å². The SMILES string of the molecule is CCCN(CC(=O)NCC)c1ccc(N)cc1. The zero-order chi connectivity index (χ0) is 12.7. The lowest BCUT2D eigenvalue weighted by molar-refractivity contribution is -0.119. The second kappa shape index (κ2) is 6.78. The van der Waals surface area contributed by atoms with Gasteiger partial charge >= 0.3 is 0 Å². The van der Waals surface area contributed by atoms with Crippen LogP contribution < -0.4 is 16.0 Å². The van der Waals surface area contributed by atoms with Crippen LogP contribution in [0.5, 0.6) is 0 Å². The molecule has 4 heteroatoms. The third kappa shape index (κ3) is 4.34. The topological polar surface area (TPSA) is 58.4 Å². The average Bonchev–Trinajstić information content (AvgIpc) is 2.30. The first-order valence-electron chi connectivity index (χ1n) is 6.04. The average molecular weight is 235 g/mol. The molecule has 1 rings (SSSR count). The van der Waals surface area contributed by atoms with Crippen molar-refractivity contribution in [3.63, 3.8) is 0 Å². The van der Waals surface area contributed by atoms with Crippen molar-refractivity contribution in [2.45, 2.75) is 20.3 Å². The van der Waals surface area contributed by atoms with Crippen LogP contribution in [-0.4, -0.2) is 25.5 Å². The van der Waals surface area contributed by atoms with Gasteiger partial charge in [-0.05, 0) is 37.6 Å². The van der Waals surface area contributed by atoms with Gasteiger partial charge in [0.15, 0.2) is 0 Å². The third-order valence-electron chi connectivity index (χ3n) is 2.46. The molecule has 0 unspecified atom stereocenters. The molecule has 1 aromatic carbocycles. The molecule has 0 saturated heterocycles. The van der Waals surface area contributed by atoms with Crippen LogP contribution in [0.4, 0.5) is 11.4 Å². The zero-order valence-electron chi connectivity index (χ0n) is 10.6. The standard InChI is InChI=1S/C13H21N3O/c1-3-9-16(10-13(17)15-4-2)12-7-5-11(14)6-8-12/h5-8H,3-4,9-10,14H2,1-2H3,(H,15,17). The Morgan fingerprint density at radius 3 is 2.47 bits per heavy atom. The number of hydrogen-bond donors (Lipinski definition) is 2. The first-order chi connectivity index (χ1) is 8.17. The summed E-state index contributed by atoms with van der Waals surface area (Å²) in [4.78, 5) is 13.7. The summed E-state index contributed by atoms with van der Waals surface area (Å²) in [7, 11) is 0. The fourth-order valence-corrected chi connectivity index (χ4v) is 1.68. The molecule has 17 heavy (non-hydrogen) atoms. The molecule has 0 aliphatic rings. The van der Waals surface area contributed by atoms with Crippen LogP contribution in [0.3, 0.4) is 0 Å². The number of nitrogens with two attached hydrogens (primary N) is 1. The van der Waals surface area contributed by atoms with Crippen molar-refractivity contribution >= 4 is 17.3 Å². The van der Waals surface area contributed by atoms with Crippen molar-refractivity contribution in [2.24, 2.45) is 0 Å². The molecule has 0 aliphatic heterocycles. The molecular formula is C13H21N3O. The molecule has 0 bridgehead atoms. The van der Waals surface area contributed by atoms with Gasteiger partial charge in [-0.25, -0.2) is 0 Å². The van der Waals surface area contributed by atoms with E-state index < -0.39 is 0 Å². The zero-order valence-corrected chi connectivity index (χ0v) is 10.6. The summed E-state index contributed by atoms with van der Waals surface area (Å²) in [6, 6.07) is 7.61. The van der Waals surface area contributed by atoms with E-state index in [1.54, 1.807) is 0 Å². The van der Waals surface area contributed by atoms with Crippen LogP contribution in [0.25, 0.3) is 0 Å². The Kier molecular flexibility index (Phi) is 5.33. The lowest BCUT2D eigenvalue weighted by Crippen LogP contribution is -2.37. The highest BCUT2D eigenvalue weighted by molar-refractivity contribution is 5.81. The second-order valence-corrected chi connectivity index (χ2v) is 3.97. The first kappa shape index (κ1) is 13.4. The minimum atomic E-state index is 0.0535. The summed E-state index contributed by atoms with van der Waals surface area (Å²) in [5.74, 6) is 0.0535. The molecule has 0 saturated carbocycles. The highest BCUT2D eigenvalue weighted by Crippen LogP contribution is 2.16. The van der Waals surface area contributed by atoms with Gasteiger partial charge in [0.05, 0.1) is 6.54 Å². The number of likely N-dealkylation sites (N-methyl/N-ethyl adjacent to an activating group) is 1. The van der Waals surface area contributed by atoms with Gasteiger partial charge in [-0.15, -0.1) is 0 Å². The Labute approximate surface area is 103 Å². The van der Waals surface area contributed by atoms with Crippen molar-refractivity contribution in [1.82, 2.24) is 5.32 Å². The molecule has 94 valence electrons. The summed E-state index contributed by atoms with van der Waals surface area (Å²) in [5.41, 5.74) is 7.43. The molecule has 0 fully saturated rings. The second-order valence-electron chi connectivity index (χ2n) is 3.97. The van der Waals surface area contributed by atoms with E-state index >= 15 is 0 Å². The predicted octanol–water partition coefficient (Wildman–Crippen LogP) is 1.62. The fraction of sp³-hybridized carbons (Fsp3) is 0.462. The minimum Gasteiger partial charge on any atom is -0.399 e. The molecule has 0 atom stereocenters. The summed E-state index contributed by atoms with van der Waals surface area (Å²) >= 11 is 0. The molecule has 3 N–H and O–H groups in total. The van der Waals surface area contributed by atoms with E-state index in [1.165, 1.54) is 0 Å². The van der Waals surface area contributed by atoms with E-state index in [2.05, 4.69) is 17.1 Å². The lowest BCUT2D eigenvalue weighted by Gasteiger charge is -2.23. The number of nitrogen functional groups attached to an aromatic ring is 1. The number of carbonyl (C=O) groups is 1.